The number of carboxylic acid groups (broad SMARTS) is 1. The molecule has 0 radical (unpaired) electrons. The van der Waals surface area contributed by atoms with Gasteiger partial charge in [0.05, 0.1) is 34.0 Å². The molecule has 3 rings (SSSR count). The molecule has 0 bridgehead atoms. The highest BCUT2D eigenvalue weighted by molar-refractivity contribution is 6.42. The third-order valence-electron chi connectivity index (χ3n) is 4.66. The number of benzene rings is 1. The zero-order valence-corrected chi connectivity index (χ0v) is 17.5. The van der Waals surface area contributed by atoms with E-state index in [1.54, 1.807) is 24.5 Å². The van der Waals surface area contributed by atoms with Crippen LogP contribution < -0.4 is 15.8 Å². The zero-order valence-electron chi connectivity index (χ0n) is 16.0. The molecule has 3 aromatic rings. The number of rotatable bonds is 5. The van der Waals surface area contributed by atoms with Crippen LogP contribution in [0.3, 0.4) is 0 Å². The molecule has 0 unspecified atom stereocenters. The van der Waals surface area contributed by atoms with Gasteiger partial charge in [0.1, 0.15) is 5.56 Å². The molecule has 0 aliphatic rings. The zero-order chi connectivity index (χ0) is 22.2. The average Bonchev–Trinajstić information content (AvgIpc) is 3.04. The molecule has 2 N–H and O–H groups in total. The number of carboxylic acids is 1. The van der Waals surface area contributed by atoms with Gasteiger partial charge in [-0.1, -0.05) is 29.3 Å². The number of H-pyrrole nitrogens is 1. The molecule has 0 saturated heterocycles. The van der Waals surface area contributed by atoms with Gasteiger partial charge in [0.25, 0.3) is 0 Å². The molecule has 0 aliphatic heterocycles. The van der Waals surface area contributed by atoms with Gasteiger partial charge in [-0.15, -0.1) is 0 Å². The molecule has 0 atom stereocenters. The third kappa shape index (κ3) is 3.94. The summed E-state index contributed by atoms with van der Waals surface area (Å²) in [6.45, 7) is 3.92. The lowest BCUT2D eigenvalue weighted by Gasteiger charge is -2.20. The van der Waals surface area contributed by atoms with Crippen molar-refractivity contribution in [2.24, 2.45) is 0 Å². The lowest BCUT2D eigenvalue weighted by Crippen LogP contribution is -2.25. The van der Waals surface area contributed by atoms with Crippen molar-refractivity contribution < 1.29 is 9.90 Å². The lowest BCUT2D eigenvalue weighted by molar-refractivity contribution is 0.0695. The second-order valence-corrected chi connectivity index (χ2v) is 7.34. The minimum absolute atomic E-state index is 0.0942. The smallest absolute Gasteiger partial charge is 0.341 e. The number of halogens is 2. The Kier molecular flexibility index (Phi) is 5.95. The van der Waals surface area contributed by atoms with E-state index in [9.17, 15) is 25.1 Å². The van der Waals surface area contributed by atoms with Crippen molar-refractivity contribution in [2.75, 3.05) is 0 Å². The molecule has 9 nitrogen and oxygen atoms in total. The van der Waals surface area contributed by atoms with E-state index in [-0.39, 0.29) is 22.7 Å². The van der Waals surface area contributed by atoms with Crippen LogP contribution in [0.25, 0.3) is 11.3 Å². The third-order valence-corrected chi connectivity index (χ3v) is 5.40. The first-order valence-corrected chi connectivity index (χ1v) is 9.58. The maximum absolute atomic E-state index is 12.7. The number of hydrogen-bond acceptors (Lipinski definition) is 4. The Morgan fingerprint density at radius 3 is 2.43 bits per heavy atom. The summed E-state index contributed by atoms with van der Waals surface area (Å²) in [5.41, 5.74) is 0.395. The Morgan fingerprint density at radius 2 is 1.90 bits per heavy atom. The first kappa shape index (κ1) is 21.5. The van der Waals surface area contributed by atoms with Crippen molar-refractivity contribution in [3.05, 3.63) is 83.5 Å². The number of nitrogens with zero attached hydrogens (tertiary/aromatic N) is 3. The summed E-state index contributed by atoms with van der Waals surface area (Å²) >= 11 is 12.1. The van der Waals surface area contributed by atoms with Gasteiger partial charge in [-0.3, -0.25) is 9.70 Å². The highest BCUT2D eigenvalue weighted by atomic mass is 35.5. The largest absolute Gasteiger partial charge is 0.712 e. The molecule has 0 fully saturated rings. The molecule has 30 heavy (non-hydrogen) atoms. The van der Waals surface area contributed by atoms with Crippen molar-refractivity contribution in [3.8, 4) is 11.3 Å². The number of hydrogen-bond donors (Lipinski definition) is 2. The number of aryl methyl sites for hydroxylation is 1. The Bertz CT molecular complexity index is 1270. The monoisotopic (exact) mass is 451 g/mol. The van der Waals surface area contributed by atoms with Crippen LogP contribution >= 0.6 is 23.2 Å². The summed E-state index contributed by atoms with van der Waals surface area (Å²) < 4.78 is 3.18. The Balaban J connectivity index is 2.29. The standard InChI is InChI=1S/C19H17Cl2N4O5/c1-3-23-12(9-24-10(2)6-16(22-24)25(29)30)8-15(26)17(19(27)28)18(23)11-4-5-13(20)14(21)7-11/h4-8,22H,3,9H2,1-2H3,(H-,27,28,29,30)/q-1. The molecule has 2 aromatic heterocycles. The fraction of sp³-hybridized carbons (Fsp3) is 0.211. The van der Waals surface area contributed by atoms with Gasteiger partial charge in [0, 0.05) is 23.9 Å². The van der Waals surface area contributed by atoms with E-state index in [2.05, 4.69) is 5.10 Å². The van der Waals surface area contributed by atoms with Crippen LogP contribution in [0.15, 0.2) is 35.1 Å². The van der Waals surface area contributed by atoms with Crippen molar-refractivity contribution in [3.63, 3.8) is 0 Å². The van der Waals surface area contributed by atoms with Crippen LogP contribution in [0.1, 0.15) is 28.7 Å². The van der Waals surface area contributed by atoms with Crippen molar-refractivity contribution in [1.82, 2.24) is 19.2 Å². The van der Waals surface area contributed by atoms with Gasteiger partial charge in [0.15, 0.2) is 5.43 Å². The summed E-state index contributed by atoms with van der Waals surface area (Å²) in [5, 5.41) is 34.9. The summed E-state index contributed by atoms with van der Waals surface area (Å²) in [7, 11) is 0. The molecule has 0 spiro atoms. The van der Waals surface area contributed by atoms with Gasteiger partial charge in [0.2, 0.25) is 0 Å². The molecular formula is C19H17Cl2N4O5-. The van der Waals surface area contributed by atoms with Gasteiger partial charge < -0.3 is 20.1 Å². The molecular weight excluding hydrogens is 435 g/mol. The topological polar surface area (TPSA) is 129 Å². The first-order valence-electron chi connectivity index (χ1n) is 8.83. The normalized spacial score (nSPS) is 10.9. The fourth-order valence-electron chi connectivity index (χ4n) is 3.29. The van der Waals surface area contributed by atoms with Crippen LogP contribution in [-0.2, 0) is 13.1 Å². The van der Waals surface area contributed by atoms with Gasteiger partial charge in [-0.25, -0.2) is 9.48 Å². The number of aromatic nitrogens is 3. The Hall–Kier alpha value is -3.17. The van der Waals surface area contributed by atoms with Crippen LogP contribution in [0.2, 0.25) is 10.0 Å². The number of carbonyl (C=O) groups is 1. The summed E-state index contributed by atoms with van der Waals surface area (Å²) in [6.07, 6.45) is 0. The molecule has 0 aliphatic carbocycles. The average molecular weight is 452 g/mol. The van der Waals surface area contributed by atoms with Crippen LogP contribution in [0.5, 0.6) is 0 Å². The van der Waals surface area contributed by atoms with E-state index in [1.807, 2.05) is 0 Å². The van der Waals surface area contributed by atoms with Crippen LogP contribution in [0, 0.1) is 17.3 Å². The SMILES string of the molecule is CCn1c(Cn2[nH]c(=[N+]([O-])[O-])cc2C)cc(=O)c(C(=O)O)c1-c1ccc(Cl)c(Cl)c1. The Morgan fingerprint density at radius 1 is 1.20 bits per heavy atom. The van der Waals surface area contributed by atoms with E-state index in [0.29, 0.717) is 28.5 Å². The molecule has 158 valence electrons. The maximum Gasteiger partial charge on any atom is 0.341 e. The van der Waals surface area contributed by atoms with Gasteiger partial charge in [-0.05, 0) is 26.0 Å². The van der Waals surface area contributed by atoms with Crippen molar-refractivity contribution in [2.45, 2.75) is 26.9 Å². The van der Waals surface area contributed by atoms with E-state index in [4.69, 9.17) is 23.2 Å². The molecule has 1 aromatic carbocycles. The summed E-state index contributed by atoms with van der Waals surface area (Å²) in [6, 6.07) is 7.21. The predicted octanol–water partition coefficient (Wildman–Crippen LogP) is 2.79. The van der Waals surface area contributed by atoms with E-state index >= 15 is 0 Å². The van der Waals surface area contributed by atoms with Crippen molar-refractivity contribution >= 4 is 29.2 Å². The van der Waals surface area contributed by atoms with Crippen LogP contribution in [0.4, 0.5) is 0 Å². The maximum atomic E-state index is 12.7. The van der Waals surface area contributed by atoms with Gasteiger partial charge >= 0.3 is 11.5 Å². The van der Waals surface area contributed by atoms with E-state index in [0.717, 1.165) is 0 Å². The number of aromatic amines is 1. The van der Waals surface area contributed by atoms with E-state index in [1.165, 1.54) is 28.9 Å². The first-order chi connectivity index (χ1) is 14.1. The predicted molar refractivity (Wildman–Crippen MR) is 113 cm³/mol. The molecule has 11 heteroatoms. The summed E-state index contributed by atoms with van der Waals surface area (Å²) in [4.78, 5) is 24.0. The van der Waals surface area contributed by atoms with Gasteiger partial charge in [-0.2, -0.15) is 5.10 Å². The number of aromatic carboxylic acids is 1. The summed E-state index contributed by atoms with van der Waals surface area (Å²) in [5.74, 6) is -1.37. The minimum atomic E-state index is -1.37. The quantitative estimate of drug-likeness (QED) is 0.576. The number of pyridine rings is 1. The minimum Gasteiger partial charge on any atom is -0.712 e. The second-order valence-electron chi connectivity index (χ2n) is 6.53. The highest BCUT2D eigenvalue weighted by Gasteiger charge is 2.23. The Labute approximate surface area is 180 Å². The second kappa shape index (κ2) is 8.29. The molecule has 2 heterocycles. The number of nitrogens with one attached hydrogen (secondary N) is 1. The molecule has 0 saturated carbocycles. The van der Waals surface area contributed by atoms with E-state index < -0.39 is 21.9 Å². The fourth-order valence-corrected chi connectivity index (χ4v) is 3.59. The lowest BCUT2D eigenvalue weighted by atomic mass is 10.0. The highest BCUT2D eigenvalue weighted by Crippen LogP contribution is 2.30. The van der Waals surface area contributed by atoms with Crippen LogP contribution in [-0.4, -0.2) is 25.4 Å². The molecule has 0 amide bonds. The van der Waals surface area contributed by atoms with Crippen molar-refractivity contribution in [1.29, 1.82) is 0 Å².